The van der Waals surface area contributed by atoms with Crippen molar-refractivity contribution in [2.45, 2.75) is 37.9 Å². The number of likely N-dealkylation sites (tertiary alicyclic amines) is 1. The first-order chi connectivity index (χ1) is 15.1. The van der Waals surface area contributed by atoms with E-state index >= 15 is 0 Å². The van der Waals surface area contributed by atoms with Crippen molar-refractivity contribution < 1.29 is 19.7 Å². The lowest BCUT2D eigenvalue weighted by Gasteiger charge is -2.40. The number of rotatable bonds is 7. The van der Waals surface area contributed by atoms with Gasteiger partial charge in [-0.05, 0) is 52.8 Å². The molecule has 5 nitrogen and oxygen atoms in total. The minimum atomic E-state index is -1.14. The third-order valence-corrected chi connectivity index (χ3v) is 6.13. The molecule has 2 unspecified atom stereocenters. The number of fused-ring (bicyclic) bond motifs is 1. The van der Waals surface area contributed by atoms with Crippen molar-refractivity contribution >= 4 is 16.9 Å². The predicted octanol–water partition coefficient (Wildman–Crippen LogP) is 3.48. The van der Waals surface area contributed by atoms with E-state index in [9.17, 15) is 9.90 Å². The smallest absolute Gasteiger partial charge is 0.137 e. The number of aliphatic hydroxyl groups is 1. The van der Waals surface area contributed by atoms with E-state index in [1.54, 1.807) is 0 Å². The summed E-state index contributed by atoms with van der Waals surface area (Å²) < 4.78 is 6.29. The molecule has 0 aromatic heterocycles. The van der Waals surface area contributed by atoms with E-state index in [2.05, 4.69) is 54.6 Å². The minimum Gasteiger partial charge on any atom is -0.530 e. The molecule has 0 spiro atoms. The van der Waals surface area contributed by atoms with Crippen LogP contribution in [0.2, 0.25) is 0 Å². The summed E-state index contributed by atoms with van der Waals surface area (Å²) in [7, 11) is 0. The molecule has 162 valence electrons. The van der Waals surface area contributed by atoms with Crippen LogP contribution in [0, 0.1) is 0 Å². The molecule has 1 saturated heterocycles. The first-order valence-corrected chi connectivity index (χ1v) is 10.9. The molecule has 5 heteroatoms. The maximum atomic E-state index is 11.4. The normalized spacial score (nSPS) is 18.9. The third kappa shape index (κ3) is 5.24. The van der Waals surface area contributed by atoms with Gasteiger partial charge in [0.15, 0.2) is 0 Å². The summed E-state index contributed by atoms with van der Waals surface area (Å²) in [5, 5.41) is 22.8. The maximum Gasteiger partial charge on any atom is 0.137 e. The Morgan fingerprint density at radius 2 is 1.77 bits per heavy atom. The molecule has 4 rings (SSSR count). The molecule has 1 amide bonds. The highest BCUT2D eigenvalue weighted by atomic mass is 16.5. The molecule has 1 aliphatic heterocycles. The zero-order chi connectivity index (χ0) is 21.6. The second kappa shape index (κ2) is 9.94. The number of hydrogen-bond donors (Lipinski definition) is 1. The fraction of sp³-hybridized carbons (Fsp3) is 0.346. The van der Waals surface area contributed by atoms with Crippen LogP contribution in [0.4, 0.5) is 4.79 Å². The van der Waals surface area contributed by atoms with Gasteiger partial charge in [0.1, 0.15) is 6.09 Å². The number of aryl methyl sites for hydroxylation is 1. The second-order valence-corrected chi connectivity index (χ2v) is 8.21. The molecule has 0 radical (unpaired) electrons. The van der Waals surface area contributed by atoms with Crippen LogP contribution in [0.5, 0.6) is 0 Å². The summed E-state index contributed by atoms with van der Waals surface area (Å²) in [4.78, 5) is 12.8. The average molecular weight is 419 g/mol. The van der Waals surface area contributed by atoms with Crippen LogP contribution in [0.15, 0.2) is 66.7 Å². The molecule has 1 heterocycles. The summed E-state index contributed by atoms with van der Waals surface area (Å²) in [6.07, 6.45) is 0.924. The Morgan fingerprint density at radius 1 is 1.03 bits per heavy atom. The minimum absolute atomic E-state index is 0.128. The van der Waals surface area contributed by atoms with Gasteiger partial charge in [0.05, 0.1) is 12.7 Å². The van der Waals surface area contributed by atoms with Crippen molar-refractivity contribution in [2.75, 3.05) is 19.7 Å². The van der Waals surface area contributed by atoms with Crippen LogP contribution in [0.1, 0.15) is 35.4 Å². The number of amides is 1. The number of carboxylic acid groups (broad SMARTS) is 1. The van der Waals surface area contributed by atoms with Crippen molar-refractivity contribution in [3.05, 3.63) is 83.4 Å². The molecule has 3 aromatic rings. The fourth-order valence-corrected chi connectivity index (χ4v) is 4.38. The largest absolute Gasteiger partial charge is 0.530 e. The number of ether oxygens (including phenoxy) is 1. The molecular formula is C26H28NO4-. The first kappa shape index (κ1) is 21.3. The van der Waals surface area contributed by atoms with E-state index in [-0.39, 0.29) is 18.6 Å². The van der Waals surface area contributed by atoms with E-state index in [0.29, 0.717) is 26.1 Å². The van der Waals surface area contributed by atoms with Gasteiger partial charge in [-0.2, -0.15) is 0 Å². The Labute approximate surface area is 182 Å². The molecule has 0 bridgehead atoms. The molecule has 1 aliphatic rings. The lowest BCUT2D eigenvalue weighted by atomic mass is 9.86. The van der Waals surface area contributed by atoms with E-state index in [4.69, 9.17) is 9.84 Å². The number of carbonyl (C=O) groups excluding carboxylic acids is 1. The van der Waals surface area contributed by atoms with Crippen molar-refractivity contribution in [1.29, 1.82) is 0 Å². The highest BCUT2D eigenvalue weighted by molar-refractivity contribution is 5.82. The number of aliphatic hydroxyl groups excluding tert-OH is 1. The van der Waals surface area contributed by atoms with Crippen LogP contribution < -0.4 is 5.11 Å². The molecule has 2 atom stereocenters. The number of hydrogen-bond acceptors (Lipinski definition) is 4. The van der Waals surface area contributed by atoms with Gasteiger partial charge in [0.2, 0.25) is 0 Å². The van der Waals surface area contributed by atoms with Crippen LogP contribution >= 0.6 is 0 Å². The molecule has 1 fully saturated rings. The number of piperidine rings is 1. The summed E-state index contributed by atoms with van der Waals surface area (Å²) in [5.74, 6) is 0.128. The summed E-state index contributed by atoms with van der Waals surface area (Å²) in [6, 6.07) is 22.9. The highest BCUT2D eigenvalue weighted by Crippen LogP contribution is 2.31. The maximum absolute atomic E-state index is 11.4. The second-order valence-electron chi connectivity index (χ2n) is 8.21. The van der Waals surface area contributed by atoms with Crippen molar-refractivity contribution in [1.82, 2.24) is 4.90 Å². The first-order valence-electron chi connectivity index (χ1n) is 10.9. The molecule has 0 saturated carbocycles. The molecule has 0 aliphatic carbocycles. The Hall–Kier alpha value is -2.89. The lowest BCUT2D eigenvalue weighted by Crippen LogP contribution is -2.51. The van der Waals surface area contributed by atoms with Crippen LogP contribution in [0.25, 0.3) is 10.8 Å². The van der Waals surface area contributed by atoms with Gasteiger partial charge in [-0.1, -0.05) is 60.7 Å². The van der Waals surface area contributed by atoms with Gasteiger partial charge in [-0.3, -0.25) is 0 Å². The Morgan fingerprint density at radius 3 is 2.52 bits per heavy atom. The number of benzene rings is 3. The number of carbonyl (C=O) groups is 1. The molecule has 31 heavy (non-hydrogen) atoms. The van der Waals surface area contributed by atoms with Gasteiger partial charge in [-0.25, -0.2) is 0 Å². The van der Waals surface area contributed by atoms with Gasteiger partial charge in [0.25, 0.3) is 0 Å². The van der Waals surface area contributed by atoms with Crippen molar-refractivity contribution in [3.63, 3.8) is 0 Å². The van der Waals surface area contributed by atoms with E-state index in [0.717, 1.165) is 24.0 Å². The third-order valence-electron chi connectivity index (χ3n) is 6.13. The summed E-state index contributed by atoms with van der Waals surface area (Å²) in [5.41, 5.74) is 3.43. The van der Waals surface area contributed by atoms with Crippen molar-refractivity contribution in [2.24, 2.45) is 0 Å². The highest BCUT2D eigenvalue weighted by Gasteiger charge is 2.31. The van der Waals surface area contributed by atoms with Gasteiger partial charge in [-0.15, -0.1) is 0 Å². The fourth-order valence-electron chi connectivity index (χ4n) is 4.38. The van der Waals surface area contributed by atoms with Crippen LogP contribution in [-0.4, -0.2) is 41.9 Å². The summed E-state index contributed by atoms with van der Waals surface area (Å²) in [6.45, 7) is 1.39. The molecule has 1 N–H and O–H groups in total. The van der Waals surface area contributed by atoms with Gasteiger partial charge < -0.3 is 24.6 Å². The zero-order valence-corrected chi connectivity index (χ0v) is 17.6. The topological polar surface area (TPSA) is 72.8 Å². The molecular weight excluding hydrogens is 390 g/mol. The van der Waals surface area contributed by atoms with E-state index in [1.807, 2.05) is 12.1 Å². The van der Waals surface area contributed by atoms with Gasteiger partial charge in [0, 0.05) is 25.6 Å². The Balaban J connectivity index is 1.49. The Bertz CT molecular complexity index is 1020. The standard InChI is InChI=1S/C26H29NO4/c28-15-3-4-19-7-11-22(12-8-19)24-13-14-27(26(29)30)17-25(24)31-18-20-9-10-21-5-1-2-6-23(21)16-20/h1-2,5-12,16,24-25,28H,3-4,13-15,17-18H2,(H,29,30)/p-1. The molecule has 3 aromatic carbocycles. The number of nitrogens with zero attached hydrogens (tertiary/aromatic N) is 1. The quantitative estimate of drug-likeness (QED) is 0.638. The van der Waals surface area contributed by atoms with E-state index in [1.165, 1.54) is 21.2 Å². The van der Waals surface area contributed by atoms with E-state index < -0.39 is 6.09 Å². The van der Waals surface area contributed by atoms with Crippen LogP contribution in [0.3, 0.4) is 0 Å². The Kier molecular flexibility index (Phi) is 6.85. The SMILES string of the molecule is O=C([O-])N1CCC(c2ccc(CCCO)cc2)C(OCc2ccc3ccccc3c2)C1. The monoisotopic (exact) mass is 418 g/mol. The zero-order valence-electron chi connectivity index (χ0n) is 17.6. The predicted molar refractivity (Wildman–Crippen MR) is 119 cm³/mol. The lowest BCUT2D eigenvalue weighted by molar-refractivity contribution is -0.268. The van der Waals surface area contributed by atoms with Crippen molar-refractivity contribution in [3.8, 4) is 0 Å². The van der Waals surface area contributed by atoms with Gasteiger partial charge >= 0.3 is 0 Å². The average Bonchev–Trinajstić information content (AvgIpc) is 2.81. The summed E-state index contributed by atoms with van der Waals surface area (Å²) >= 11 is 0. The van der Waals surface area contributed by atoms with Crippen LogP contribution in [-0.2, 0) is 17.8 Å².